The standard InChI is InChI=1S/C14H18F3NO/c15-14(16,17)12-5-1-3-10(7-12)8-18-13-6-2-4-11(13)9-19/h1,3,5,7,11,13,18-19H,2,4,6,8-9H2. The van der Waals surface area contributed by atoms with Crippen LogP contribution in [0.1, 0.15) is 30.4 Å². The molecule has 2 atom stereocenters. The molecule has 0 aromatic heterocycles. The van der Waals surface area contributed by atoms with Gasteiger partial charge in [0.15, 0.2) is 0 Å². The minimum atomic E-state index is -4.29. The number of benzene rings is 1. The van der Waals surface area contributed by atoms with Crippen LogP contribution in [0.4, 0.5) is 13.2 Å². The molecule has 0 radical (unpaired) electrons. The van der Waals surface area contributed by atoms with Crippen molar-refractivity contribution >= 4 is 0 Å². The third kappa shape index (κ3) is 3.70. The molecule has 1 aromatic rings. The zero-order valence-electron chi connectivity index (χ0n) is 10.6. The molecule has 19 heavy (non-hydrogen) atoms. The Balaban J connectivity index is 1.96. The quantitative estimate of drug-likeness (QED) is 0.884. The number of hydrogen-bond donors (Lipinski definition) is 2. The van der Waals surface area contributed by atoms with E-state index in [4.69, 9.17) is 0 Å². The molecule has 0 aliphatic heterocycles. The van der Waals surface area contributed by atoms with Gasteiger partial charge < -0.3 is 10.4 Å². The predicted molar refractivity (Wildman–Crippen MR) is 66.5 cm³/mol. The third-order valence-corrected chi connectivity index (χ3v) is 3.72. The molecule has 1 fully saturated rings. The molecular weight excluding hydrogens is 255 g/mol. The SMILES string of the molecule is OCC1CCCC1NCc1cccc(C(F)(F)F)c1. The van der Waals surface area contributed by atoms with Gasteiger partial charge >= 0.3 is 6.18 Å². The Morgan fingerprint density at radius 2 is 2.05 bits per heavy atom. The number of rotatable bonds is 4. The molecule has 5 heteroatoms. The second kappa shape index (κ2) is 5.92. The first-order valence-electron chi connectivity index (χ1n) is 6.51. The van der Waals surface area contributed by atoms with Crippen molar-refractivity contribution in [3.8, 4) is 0 Å². The molecule has 0 saturated heterocycles. The summed E-state index contributed by atoms with van der Waals surface area (Å²) in [5.41, 5.74) is 0.00958. The maximum Gasteiger partial charge on any atom is 0.416 e. The van der Waals surface area contributed by atoms with Gasteiger partial charge in [-0.15, -0.1) is 0 Å². The Bertz CT molecular complexity index is 419. The Hall–Kier alpha value is -1.07. The molecule has 2 nitrogen and oxygen atoms in total. The lowest BCUT2D eigenvalue weighted by molar-refractivity contribution is -0.137. The molecule has 0 bridgehead atoms. The number of alkyl halides is 3. The van der Waals surface area contributed by atoms with E-state index in [1.54, 1.807) is 6.07 Å². The fraction of sp³-hybridized carbons (Fsp3) is 0.571. The second-order valence-corrected chi connectivity index (χ2v) is 5.06. The molecule has 2 unspecified atom stereocenters. The second-order valence-electron chi connectivity index (χ2n) is 5.06. The highest BCUT2D eigenvalue weighted by Crippen LogP contribution is 2.30. The van der Waals surface area contributed by atoms with E-state index < -0.39 is 11.7 Å². The van der Waals surface area contributed by atoms with Gasteiger partial charge in [-0.05, 0) is 30.4 Å². The number of halogens is 3. The molecule has 0 spiro atoms. The highest BCUT2D eigenvalue weighted by molar-refractivity contribution is 5.25. The third-order valence-electron chi connectivity index (χ3n) is 3.72. The molecule has 1 aromatic carbocycles. The van der Waals surface area contributed by atoms with E-state index in [-0.39, 0.29) is 18.6 Å². The maximum absolute atomic E-state index is 12.6. The van der Waals surface area contributed by atoms with Crippen LogP contribution >= 0.6 is 0 Å². The van der Waals surface area contributed by atoms with Crippen molar-refractivity contribution in [2.45, 2.75) is 38.0 Å². The van der Waals surface area contributed by atoms with E-state index in [1.165, 1.54) is 12.1 Å². The first kappa shape index (κ1) is 14.3. The average molecular weight is 273 g/mol. The van der Waals surface area contributed by atoms with Crippen molar-refractivity contribution < 1.29 is 18.3 Å². The van der Waals surface area contributed by atoms with Crippen LogP contribution in [0, 0.1) is 5.92 Å². The van der Waals surface area contributed by atoms with Crippen molar-refractivity contribution in [3.05, 3.63) is 35.4 Å². The summed E-state index contributed by atoms with van der Waals surface area (Å²) in [4.78, 5) is 0. The Morgan fingerprint density at radius 1 is 1.26 bits per heavy atom. The summed E-state index contributed by atoms with van der Waals surface area (Å²) in [6.45, 7) is 0.547. The fourth-order valence-corrected chi connectivity index (χ4v) is 2.63. The maximum atomic E-state index is 12.6. The van der Waals surface area contributed by atoms with Crippen molar-refractivity contribution in [2.24, 2.45) is 5.92 Å². The van der Waals surface area contributed by atoms with Crippen LogP contribution in [0.5, 0.6) is 0 Å². The number of aliphatic hydroxyl groups excluding tert-OH is 1. The van der Waals surface area contributed by atoms with Crippen LogP contribution in [0.2, 0.25) is 0 Å². The predicted octanol–water partition coefficient (Wildman–Crippen LogP) is 2.96. The fourth-order valence-electron chi connectivity index (χ4n) is 2.63. The molecule has 1 saturated carbocycles. The van der Waals surface area contributed by atoms with Crippen LogP contribution in [0.15, 0.2) is 24.3 Å². The van der Waals surface area contributed by atoms with Crippen LogP contribution in [0.25, 0.3) is 0 Å². The minimum absolute atomic E-state index is 0.139. The number of aliphatic hydroxyl groups is 1. The first-order chi connectivity index (χ1) is 9.00. The number of nitrogens with one attached hydrogen (secondary N) is 1. The molecule has 2 rings (SSSR count). The van der Waals surface area contributed by atoms with Crippen LogP contribution < -0.4 is 5.32 Å². The lowest BCUT2D eigenvalue weighted by Crippen LogP contribution is -2.33. The van der Waals surface area contributed by atoms with E-state index >= 15 is 0 Å². The van der Waals surface area contributed by atoms with Gasteiger partial charge in [-0.3, -0.25) is 0 Å². The van der Waals surface area contributed by atoms with Crippen molar-refractivity contribution in [1.29, 1.82) is 0 Å². The molecule has 1 aliphatic carbocycles. The molecule has 1 aliphatic rings. The monoisotopic (exact) mass is 273 g/mol. The van der Waals surface area contributed by atoms with Gasteiger partial charge in [0, 0.05) is 19.2 Å². The molecule has 0 heterocycles. The highest BCUT2D eigenvalue weighted by atomic mass is 19.4. The van der Waals surface area contributed by atoms with E-state index in [0.29, 0.717) is 12.1 Å². The van der Waals surface area contributed by atoms with Gasteiger partial charge in [0.05, 0.1) is 5.56 Å². The van der Waals surface area contributed by atoms with Crippen molar-refractivity contribution in [3.63, 3.8) is 0 Å². The smallest absolute Gasteiger partial charge is 0.396 e. The van der Waals surface area contributed by atoms with Crippen LogP contribution in [0.3, 0.4) is 0 Å². The summed E-state index contributed by atoms with van der Waals surface area (Å²) in [5, 5.41) is 12.4. The lowest BCUT2D eigenvalue weighted by atomic mass is 10.0. The van der Waals surface area contributed by atoms with Gasteiger partial charge in [-0.25, -0.2) is 0 Å². The zero-order valence-corrected chi connectivity index (χ0v) is 10.6. The Morgan fingerprint density at radius 3 is 2.74 bits per heavy atom. The largest absolute Gasteiger partial charge is 0.416 e. The van der Waals surface area contributed by atoms with Gasteiger partial charge in [-0.2, -0.15) is 13.2 Å². The van der Waals surface area contributed by atoms with E-state index in [2.05, 4.69) is 5.32 Å². The van der Waals surface area contributed by atoms with Crippen molar-refractivity contribution in [2.75, 3.05) is 6.61 Å². The van der Waals surface area contributed by atoms with Gasteiger partial charge in [-0.1, -0.05) is 24.6 Å². The number of hydrogen-bond acceptors (Lipinski definition) is 2. The van der Waals surface area contributed by atoms with Gasteiger partial charge in [0.25, 0.3) is 0 Å². The van der Waals surface area contributed by atoms with E-state index in [9.17, 15) is 18.3 Å². The van der Waals surface area contributed by atoms with Crippen LogP contribution in [-0.2, 0) is 12.7 Å². The summed E-state index contributed by atoms with van der Waals surface area (Å²) < 4.78 is 37.7. The Labute approximate surface area is 110 Å². The van der Waals surface area contributed by atoms with E-state index in [0.717, 1.165) is 25.3 Å². The topological polar surface area (TPSA) is 32.3 Å². The van der Waals surface area contributed by atoms with Gasteiger partial charge in [0.1, 0.15) is 0 Å². The molecule has 106 valence electrons. The van der Waals surface area contributed by atoms with Crippen molar-refractivity contribution in [1.82, 2.24) is 5.32 Å². The zero-order chi connectivity index (χ0) is 13.9. The first-order valence-corrected chi connectivity index (χ1v) is 6.51. The molecule has 0 amide bonds. The summed E-state index contributed by atoms with van der Waals surface area (Å²) in [6.07, 6.45) is -1.27. The summed E-state index contributed by atoms with van der Waals surface area (Å²) in [6, 6.07) is 5.58. The lowest BCUT2D eigenvalue weighted by Gasteiger charge is -2.19. The van der Waals surface area contributed by atoms with Gasteiger partial charge in [0.2, 0.25) is 0 Å². The molecular formula is C14H18F3NO. The summed E-state index contributed by atoms with van der Waals surface area (Å²) in [5.74, 6) is 0.228. The van der Waals surface area contributed by atoms with E-state index in [1.807, 2.05) is 0 Å². The normalized spacial score (nSPS) is 23.8. The highest BCUT2D eigenvalue weighted by Gasteiger charge is 2.30. The minimum Gasteiger partial charge on any atom is -0.396 e. The average Bonchev–Trinajstić information content (AvgIpc) is 2.83. The summed E-state index contributed by atoms with van der Waals surface area (Å²) in [7, 11) is 0. The van der Waals surface area contributed by atoms with Crippen LogP contribution in [-0.4, -0.2) is 17.8 Å². The Kier molecular flexibility index (Phi) is 4.47. The molecule has 2 N–H and O–H groups in total. The summed E-state index contributed by atoms with van der Waals surface area (Å²) >= 11 is 0.